The number of nitrogens with zero attached hydrogens (tertiary/aromatic N) is 5. The number of para-hydroxylation sites is 1. The summed E-state index contributed by atoms with van der Waals surface area (Å²) in [5, 5.41) is 4.94. The molecule has 1 atom stereocenters. The molecule has 0 fully saturated rings. The van der Waals surface area contributed by atoms with Gasteiger partial charge in [-0.2, -0.15) is 5.10 Å². The number of amides is 1. The largest absolute Gasteiger partial charge is 0.348 e. The quantitative estimate of drug-likeness (QED) is 0.475. The van der Waals surface area contributed by atoms with Crippen molar-refractivity contribution in [3.8, 4) is 0 Å². The first-order chi connectivity index (χ1) is 14.7. The molecule has 5 aromatic rings. The average Bonchev–Trinajstić information content (AvgIpc) is 3.50. The molecular formula is C21H15FN6OS. The second-order valence-corrected chi connectivity index (χ2v) is 8.21. The monoisotopic (exact) mass is 418 g/mol. The van der Waals surface area contributed by atoms with Crippen molar-refractivity contribution in [2.75, 3.05) is 6.54 Å². The van der Waals surface area contributed by atoms with Gasteiger partial charge in [0, 0.05) is 24.9 Å². The van der Waals surface area contributed by atoms with E-state index in [-0.39, 0.29) is 11.7 Å². The first-order valence-corrected chi connectivity index (χ1v) is 10.3. The van der Waals surface area contributed by atoms with Gasteiger partial charge in [-0.05, 0) is 24.3 Å². The number of aromatic amines is 1. The van der Waals surface area contributed by atoms with Gasteiger partial charge in [-0.15, -0.1) is 11.3 Å². The third-order valence-electron chi connectivity index (χ3n) is 5.46. The molecule has 1 N–H and O–H groups in total. The lowest BCUT2D eigenvalue weighted by Crippen LogP contribution is -2.40. The van der Waals surface area contributed by atoms with Gasteiger partial charge in [0.15, 0.2) is 0 Å². The van der Waals surface area contributed by atoms with Crippen molar-refractivity contribution in [3.63, 3.8) is 0 Å². The summed E-state index contributed by atoms with van der Waals surface area (Å²) in [4.78, 5) is 27.6. The Hall–Kier alpha value is -3.59. The van der Waals surface area contributed by atoms with Crippen molar-refractivity contribution in [1.82, 2.24) is 29.5 Å². The van der Waals surface area contributed by atoms with E-state index in [0.717, 1.165) is 21.6 Å². The number of halogens is 1. The number of H-pyrrole nitrogens is 1. The SMILES string of the molecule is O=C(c1cnn2ccccc12)N1CCc2[nH]cnc2[C@H]1c1nc2c(F)cccc2s1. The Bertz CT molecular complexity index is 1420. The van der Waals surface area contributed by atoms with Gasteiger partial charge in [-0.25, -0.2) is 18.9 Å². The number of rotatable bonds is 2. The van der Waals surface area contributed by atoms with Crippen LogP contribution >= 0.6 is 11.3 Å². The number of imidazole rings is 1. The topological polar surface area (TPSA) is 79.2 Å². The van der Waals surface area contributed by atoms with Crippen LogP contribution in [0.5, 0.6) is 0 Å². The van der Waals surface area contributed by atoms with E-state index in [1.807, 2.05) is 30.5 Å². The van der Waals surface area contributed by atoms with Gasteiger partial charge in [-0.3, -0.25) is 4.79 Å². The number of hydrogen-bond acceptors (Lipinski definition) is 5. The fraction of sp³-hybridized carbons (Fsp3) is 0.143. The van der Waals surface area contributed by atoms with E-state index >= 15 is 0 Å². The standard InChI is InChI=1S/C21H15FN6OS/c22-13-4-3-6-16-17(13)26-20(30-16)19-18-14(23-11-24-18)7-9-27(19)21(29)12-10-25-28-8-2-1-5-15(12)28/h1-6,8,10-11,19H,7,9H2,(H,23,24)/t19-/m0/s1. The fourth-order valence-corrected chi connectivity index (χ4v) is 5.15. The van der Waals surface area contributed by atoms with Crippen molar-refractivity contribution in [3.05, 3.63) is 82.9 Å². The minimum atomic E-state index is -0.483. The maximum Gasteiger partial charge on any atom is 0.258 e. The van der Waals surface area contributed by atoms with Gasteiger partial charge in [0.2, 0.25) is 0 Å². The van der Waals surface area contributed by atoms with Crippen LogP contribution in [0.2, 0.25) is 0 Å². The Morgan fingerprint density at radius 2 is 2.17 bits per heavy atom. The van der Waals surface area contributed by atoms with E-state index in [4.69, 9.17) is 0 Å². The van der Waals surface area contributed by atoms with E-state index in [1.54, 1.807) is 28.0 Å². The molecule has 1 amide bonds. The zero-order valence-electron chi connectivity index (χ0n) is 15.6. The van der Waals surface area contributed by atoms with Crippen LogP contribution in [0.4, 0.5) is 4.39 Å². The Balaban J connectivity index is 1.50. The van der Waals surface area contributed by atoms with Crippen LogP contribution in [-0.4, -0.2) is 41.9 Å². The van der Waals surface area contributed by atoms with E-state index in [9.17, 15) is 9.18 Å². The molecule has 5 heterocycles. The molecule has 1 aromatic carbocycles. The van der Waals surface area contributed by atoms with E-state index in [1.165, 1.54) is 17.4 Å². The summed E-state index contributed by atoms with van der Waals surface area (Å²) >= 11 is 1.39. The zero-order valence-corrected chi connectivity index (χ0v) is 16.4. The highest BCUT2D eigenvalue weighted by atomic mass is 32.1. The molecule has 0 radical (unpaired) electrons. The van der Waals surface area contributed by atoms with Crippen LogP contribution in [0.3, 0.4) is 0 Å². The molecule has 30 heavy (non-hydrogen) atoms. The van der Waals surface area contributed by atoms with Gasteiger partial charge in [-0.1, -0.05) is 12.1 Å². The van der Waals surface area contributed by atoms with Crippen molar-refractivity contribution < 1.29 is 9.18 Å². The lowest BCUT2D eigenvalue weighted by atomic mass is 10.0. The molecule has 1 aliphatic rings. The summed E-state index contributed by atoms with van der Waals surface area (Å²) in [7, 11) is 0. The number of benzene rings is 1. The van der Waals surface area contributed by atoms with E-state index in [0.29, 0.717) is 29.1 Å². The van der Waals surface area contributed by atoms with Crippen molar-refractivity contribution in [1.29, 1.82) is 0 Å². The maximum atomic E-state index is 14.3. The van der Waals surface area contributed by atoms with Crippen molar-refractivity contribution >= 4 is 33.0 Å². The molecule has 7 nitrogen and oxygen atoms in total. The molecule has 148 valence electrons. The molecule has 0 saturated carbocycles. The Morgan fingerprint density at radius 3 is 3.07 bits per heavy atom. The van der Waals surface area contributed by atoms with Gasteiger partial charge in [0.1, 0.15) is 22.4 Å². The van der Waals surface area contributed by atoms with Crippen LogP contribution < -0.4 is 0 Å². The number of pyridine rings is 1. The van der Waals surface area contributed by atoms with Crippen LogP contribution in [0.15, 0.2) is 55.1 Å². The second-order valence-electron chi connectivity index (χ2n) is 7.14. The predicted molar refractivity (Wildman–Crippen MR) is 110 cm³/mol. The van der Waals surface area contributed by atoms with Gasteiger partial charge in [0.05, 0.1) is 34.0 Å². The zero-order chi connectivity index (χ0) is 20.2. The Kier molecular flexibility index (Phi) is 3.72. The van der Waals surface area contributed by atoms with Crippen molar-refractivity contribution in [2.24, 2.45) is 0 Å². The van der Waals surface area contributed by atoms with Gasteiger partial charge in [0.25, 0.3) is 5.91 Å². The van der Waals surface area contributed by atoms with Gasteiger partial charge < -0.3 is 9.88 Å². The number of carbonyl (C=O) groups excluding carboxylic acids is 1. The first kappa shape index (κ1) is 17.3. The average molecular weight is 418 g/mol. The third kappa shape index (κ3) is 2.48. The maximum absolute atomic E-state index is 14.3. The highest BCUT2D eigenvalue weighted by molar-refractivity contribution is 7.18. The molecule has 6 rings (SSSR count). The van der Waals surface area contributed by atoms with Crippen LogP contribution in [0.1, 0.15) is 32.8 Å². The summed E-state index contributed by atoms with van der Waals surface area (Å²) < 4.78 is 16.7. The highest BCUT2D eigenvalue weighted by Crippen LogP contribution is 2.38. The summed E-state index contributed by atoms with van der Waals surface area (Å²) in [6, 6.07) is 10.0. The minimum Gasteiger partial charge on any atom is -0.348 e. The molecule has 1 aliphatic heterocycles. The van der Waals surface area contributed by atoms with Crippen molar-refractivity contribution in [2.45, 2.75) is 12.5 Å². The lowest BCUT2D eigenvalue weighted by Gasteiger charge is -2.33. The van der Waals surface area contributed by atoms with Crippen LogP contribution in [0, 0.1) is 5.82 Å². The van der Waals surface area contributed by atoms with Crippen LogP contribution in [0.25, 0.3) is 15.7 Å². The lowest BCUT2D eigenvalue weighted by molar-refractivity contribution is 0.0692. The highest BCUT2D eigenvalue weighted by Gasteiger charge is 2.37. The van der Waals surface area contributed by atoms with E-state index in [2.05, 4.69) is 20.1 Å². The number of hydrogen-bond donors (Lipinski definition) is 1. The molecular weight excluding hydrogens is 403 g/mol. The number of nitrogens with one attached hydrogen (secondary N) is 1. The number of carbonyl (C=O) groups is 1. The molecule has 0 saturated heterocycles. The predicted octanol–water partition coefficient (Wildman–Crippen LogP) is 3.59. The Labute approximate surface area is 173 Å². The normalized spacial score (nSPS) is 16.3. The fourth-order valence-electron chi connectivity index (χ4n) is 4.05. The molecule has 0 bridgehead atoms. The molecule has 0 aliphatic carbocycles. The number of fused-ring (bicyclic) bond motifs is 3. The first-order valence-electron chi connectivity index (χ1n) is 9.51. The smallest absolute Gasteiger partial charge is 0.258 e. The molecule has 0 spiro atoms. The molecule has 0 unspecified atom stereocenters. The summed E-state index contributed by atoms with van der Waals surface area (Å²) in [5.74, 6) is -0.511. The summed E-state index contributed by atoms with van der Waals surface area (Å²) in [5.41, 5.74) is 3.31. The number of thiazole rings is 1. The third-order valence-corrected chi connectivity index (χ3v) is 6.54. The van der Waals surface area contributed by atoms with Gasteiger partial charge >= 0.3 is 0 Å². The Morgan fingerprint density at radius 1 is 1.23 bits per heavy atom. The second kappa shape index (κ2) is 6.46. The summed E-state index contributed by atoms with van der Waals surface area (Å²) in [6.07, 6.45) is 5.69. The van der Waals surface area contributed by atoms with Crippen LogP contribution in [-0.2, 0) is 6.42 Å². The minimum absolute atomic E-state index is 0.144. The number of aromatic nitrogens is 5. The molecule has 9 heteroatoms. The summed E-state index contributed by atoms with van der Waals surface area (Å²) in [6.45, 7) is 0.501. The molecule has 4 aromatic heterocycles. The van der Waals surface area contributed by atoms with E-state index < -0.39 is 6.04 Å².